The first kappa shape index (κ1) is 16.3. The van der Waals surface area contributed by atoms with Crippen molar-refractivity contribution in [2.75, 3.05) is 19.4 Å². The summed E-state index contributed by atoms with van der Waals surface area (Å²) in [5, 5.41) is 2.89. The molecular weight excluding hydrogens is 284 g/mol. The van der Waals surface area contributed by atoms with Crippen LogP contribution in [0.3, 0.4) is 0 Å². The van der Waals surface area contributed by atoms with E-state index in [1.54, 1.807) is 11.8 Å². The summed E-state index contributed by atoms with van der Waals surface area (Å²) in [5.74, 6) is -0.0445. The SMILES string of the molecule is CSc1ccc(C(=O)NCCOC2CCC(N)CC2)cc1. The van der Waals surface area contributed by atoms with Gasteiger partial charge in [-0.2, -0.15) is 0 Å². The molecule has 1 amide bonds. The molecule has 1 saturated carbocycles. The maximum Gasteiger partial charge on any atom is 0.251 e. The van der Waals surface area contributed by atoms with Gasteiger partial charge < -0.3 is 15.8 Å². The van der Waals surface area contributed by atoms with Crippen LogP contribution in [0.5, 0.6) is 0 Å². The van der Waals surface area contributed by atoms with Crippen LogP contribution in [0.25, 0.3) is 0 Å². The maximum absolute atomic E-state index is 11.9. The predicted molar refractivity (Wildman–Crippen MR) is 86.7 cm³/mol. The monoisotopic (exact) mass is 308 g/mol. The van der Waals surface area contributed by atoms with Crippen molar-refractivity contribution in [2.24, 2.45) is 5.73 Å². The average Bonchev–Trinajstić information content (AvgIpc) is 2.53. The summed E-state index contributed by atoms with van der Waals surface area (Å²) < 4.78 is 5.78. The molecule has 2 rings (SSSR count). The first-order valence-corrected chi connectivity index (χ1v) is 8.71. The van der Waals surface area contributed by atoms with Crippen LogP contribution < -0.4 is 11.1 Å². The van der Waals surface area contributed by atoms with Gasteiger partial charge in [0.2, 0.25) is 0 Å². The minimum atomic E-state index is -0.0445. The second kappa shape index (κ2) is 8.41. The van der Waals surface area contributed by atoms with Gasteiger partial charge in [-0.25, -0.2) is 0 Å². The van der Waals surface area contributed by atoms with E-state index in [1.807, 2.05) is 30.5 Å². The van der Waals surface area contributed by atoms with Gasteiger partial charge in [0.15, 0.2) is 0 Å². The number of nitrogens with one attached hydrogen (secondary N) is 1. The van der Waals surface area contributed by atoms with E-state index in [1.165, 1.54) is 0 Å². The van der Waals surface area contributed by atoms with E-state index < -0.39 is 0 Å². The summed E-state index contributed by atoms with van der Waals surface area (Å²) >= 11 is 1.67. The molecule has 0 saturated heterocycles. The van der Waals surface area contributed by atoms with Gasteiger partial charge in [-0.3, -0.25) is 4.79 Å². The molecule has 0 aliphatic heterocycles. The van der Waals surface area contributed by atoms with Gasteiger partial charge in [-0.1, -0.05) is 0 Å². The predicted octanol–water partition coefficient (Wildman–Crippen LogP) is 2.42. The zero-order chi connectivity index (χ0) is 15.1. The number of benzene rings is 1. The van der Waals surface area contributed by atoms with Gasteiger partial charge in [-0.15, -0.1) is 11.8 Å². The Morgan fingerprint density at radius 1 is 1.29 bits per heavy atom. The molecule has 0 heterocycles. The molecule has 0 atom stereocenters. The number of nitrogens with two attached hydrogens (primary N) is 1. The fourth-order valence-electron chi connectivity index (χ4n) is 2.49. The molecule has 1 fully saturated rings. The highest BCUT2D eigenvalue weighted by Gasteiger charge is 2.18. The minimum Gasteiger partial charge on any atom is -0.376 e. The van der Waals surface area contributed by atoms with Gasteiger partial charge in [0.05, 0.1) is 12.7 Å². The molecule has 116 valence electrons. The second-order valence-corrected chi connectivity index (χ2v) is 6.27. The topological polar surface area (TPSA) is 64.3 Å². The zero-order valence-electron chi connectivity index (χ0n) is 12.5. The molecule has 1 aliphatic rings. The van der Waals surface area contributed by atoms with Crippen LogP contribution in [0.4, 0.5) is 0 Å². The van der Waals surface area contributed by atoms with Crippen molar-refractivity contribution in [1.29, 1.82) is 0 Å². The molecule has 0 radical (unpaired) electrons. The highest BCUT2D eigenvalue weighted by molar-refractivity contribution is 7.98. The second-order valence-electron chi connectivity index (χ2n) is 5.39. The largest absolute Gasteiger partial charge is 0.376 e. The minimum absolute atomic E-state index is 0.0445. The Morgan fingerprint density at radius 2 is 1.95 bits per heavy atom. The molecule has 5 heteroatoms. The molecular formula is C16H24N2O2S. The van der Waals surface area contributed by atoms with E-state index in [0.29, 0.717) is 30.9 Å². The smallest absolute Gasteiger partial charge is 0.251 e. The molecule has 0 unspecified atom stereocenters. The molecule has 3 N–H and O–H groups in total. The van der Waals surface area contributed by atoms with E-state index >= 15 is 0 Å². The average molecular weight is 308 g/mol. The number of amides is 1. The molecule has 4 nitrogen and oxygen atoms in total. The van der Waals surface area contributed by atoms with Crippen molar-refractivity contribution in [1.82, 2.24) is 5.32 Å². The molecule has 1 aliphatic carbocycles. The van der Waals surface area contributed by atoms with Crippen LogP contribution in [0.2, 0.25) is 0 Å². The van der Waals surface area contributed by atoms with Crippen molar-refractivity contribution in [2.45, 2.75) is 42.7 Å². The Kier molecular flexibility index (Phi) is 6.54. The Balaban J connectivity index is 1.64. The first-order chi connectivity index (χ1) is 10.2. The van der Waals surface area contributed by atoms with Gasteiger partial charge in [-0.05, 0) is 56.2 Å². The summed E-state index contributed by atoms with van der Waals surface area (Å²) in [4.78, 5) is 13.1. The van der Waals surface area contributed by atoms with Crippen LogP contribution in [0, 0.1) is 0 Å². The number of thioether (sulfide) groups is 1. The molecule has 1 aromatic carbocycles. The number of ether oxygens (including phenoxy) is 1. The van der Waals surface area contributed by atoms with Gasteiger partial charge in [0.25, 0.3) is 5.91 Å². The Morgan fingerprint density at radius 3 is 2.57 bits per heavy atom. The fraction of sp³-hybridized carbons (Fsp3) is 0.562. The highest BCUT2D eigenvalue weighted by Crippen LogP contribution is 2.19. The van der Waals surface area contributed by atoms with Crippen molar-refractivity contribution < 1.29 is 9.53 Å². The van der Waals surface area contributed by atoms with E-state index in [9.17, 15) is 4.79 Å². The van der Waals surface area contributed by atoms with E-state index in [-0.39, 0.29) is 5.91 Å². The standard InChI is InChI=1S/C16H24N2O2S/c1-21-15-8-2-12(3-9-15)16(19)18-10-11-20-14-6-4-13(17)5-7-14/h2-3,8-9,13-14H,4-7,10-11,17H2,1H3,(H,18,19). The third-order valence-corrected chi connectivity index (χ3v) is 4.56. The number of hydrogen-bond acceptors (Lipinski definition) is 4. The van der Waals surface area contributed by atoms with Crippen molar-refractivity contribution >= 4 is 17.7 Å². The number of hydrogen-bond donors (Lipinski definition) is 2. The Labute approximate surface area is 130 Å². The Hall–Kier alpha value is -1.04. The summed E-state index contributed by atoms with van der Waals surface area (Å²) in [6.45, 7) is 1.11. The van der Waals surface area contributed by atoms with Gasteiger partial charge >= 0.3 is 0 Å². The molecule has 0 spiro atoms. The highest BCUT2D eigenvalue weighted by atomic mass is 32.2. The van der Waals surface area contributed by atoms with E-state index in [4.69, 9.17) is 10.5 Å². The number of rotatable bonds is 6. The lowest BCUT2D eigenvalue weighted by molar-refractivity contribution is 0.0267. The molecule has 21 heavy (non-hydrogen) atoms. The van der Waals surface area contributed by atoms with Crippen LogP contribution >= 0.6 is 11.8 Å². The third-order valence-electron chi connectivity index (χ3n) is 3.81. The summed E-state index contributed by atoms with van der Waals surface area (Å²) in [5.41, 5.74) is 6.55. The molecule has 1 aromatic rings. The van der Waals surface area contributed by atoms with Crippen LogP contribution in [-0.2, 0) is 4.74 Å². The van der Waals surface area contributed by atoms with Crippen molar-refractivity contribution in [3.05, 3.63) is 29.8 Å². The lowest BCUT2D eigenvalue weighted by atomic mass is 9.94. The normalized spacial score (nSPS) is 22.0. The third kappa shape index (κ3) is 5.34. The maximum atomic E-state index is 11.9. The first-order valence-electron chi connectivity index (χ1n) is 7.48. The van der Waals surface area contributed by atoms with Crippen molar-refractivity contribution in [3.8, 4) is 0 Å². The molecule has 0 bridgehead atoms. The van der Waals surface area contributed by atoms with Gasteiger partial charge in [0, 0.05) is 23.0 Å². The zero-order valence-corrected chi connectivity index (χ0v) is 13.3. The van der Waals surface area contributed by atoms with Crippen molar-refractivity contribution in [3.63, 3.8) is 0 Å². The molecule has 0 aromatic heterocycles. The number of carbonyl (C=O) groups excluding carboxylic acids is 1. The lowest BCUT2D eigenvalue weighted by Gasteiger charge is -2.26. The van der Waals surface area contributed by atoms with E-state index in [2.05, 4.69) is 5.32 Å². The summed E-state index contributed by atoms with van der Waals surface area (Å²) in [6, 6.07) is 7.96. The quantitative estimate of drug-likeness (QED) is 0.626. The summed E-state index contributed by atoms with van der Waals surface area (Å²) in [7, 11) is 0. The Bertz CT molecular complexity index is 442. The fourth-order valence-corrected chi connectivity index (χ4v) is 2.90. The van der Waals surface area contributed by atoms with Crippen LogP contribution in [0.15, 0.2) is 29.2 Å². The lowest BCUT2D eigenvalue weighted by Crippen LogP contribution is -2.33. The van der Waals surface area contributed by atoms with E-state index in [0.717, 1.165) is 30.6 Å². The van der Waals surface area contributed by atoms with Crippen LogP contribution in [-0.4, -0.2) is 37.5 Å². The number of carbonyl (C=O) groups is 1. The van der Waals surface area contributed by atoms with Gasteiger partial charge in [0.1, 0.15) is 0 Å². The van der Waals surface area contributed by atoms with Crippen LogP contribution in [0.1, 0.15) is 36.0 Å². The summed E-state index contributed by atoms with van der Waals surface area (Å²) in [6.07, 6.45) is 6.47.